The molecule has 1 aromatic heterocycles. The molecular weight excluding hydrogens is 316 g/mol. The van der Waals surface area contributed by atoms with Crippen LogP contribution in [0, 0.1) is 5.41 Å². The molecule has 0 aromatic carbocycles. The van der Waals surface area contributed by atoms with Crippen LogP contribution in [0.3, 0.4) is 0 Å². The number of carbonyl (C=O) groups excluding carboxylic acids is 1. The number of imidazole rings is 1. The van der Waals surface area contributed by atoms with E-state index in [9.17, 15) is 4.79 Å². The molecule has 1 atom stereocenters. The molecule has 6 heteroatoms. The number of hydrogen-bond donors (Lipinski definition) is 0. The van der Waals surface area contributed by atoms with Crippen molar-refractivity contribution in [3.8, 4) is 0 Å². The van der Waals surface area contributed by atoms with E-state index in [0.717, 1.165) is 45.6 Å². The third-order valence-electron chi connectivity index (χ3n) is 6.14. The Balaban J connectivity index is 1.41. The fourth-order valence-corrected chi connectivity index (χ4v) is 4.64. The number of ether oxygens (including phenoxy) is 1. The summed E-state index contributed by atoms with van der Waals surface area (Å²) in [5.74, 6) is 0.392. The number of piperidine rings is 2. The van der Waals surface area contributed by atoms with Gasteiger partial charge < -0.3 is 14.2 Å². The summed E-state index contributed by atoms with van der Waals surface area (Å²) in [6, 6.07) is 0.551. The summed E-state index contributed by atoms with van der Waals surface area (Å²) in [5, 5.41) is 0. The Morgan fingerprint density at radius 1 is 1.32 bits per heavy atom. The van der Waals surface area contributed by atoms with Crippen LogP contribution in [0.4, 0.5) is 0 Å². The van der Waals surface area contributed by atoms with Gasteiger partial charge in [-0.3, -0.25) is 9.69 Å². The van der Waals surface area contributed by atoms with Gasteiger partial charge in [0.25, 0.3) is 0 Å². The fourth-order valence-electron chi connectivity index (χ4n) is 4.64. The van der Waals surface area contributed by atoms with Gasteiger partial charge in [-0.2, -0.15) is 0 Å². The summed E-state index contributed by atoms with van der Waals surface area (Å²) >= 11 is 0. The lowest BCUT2D eigenvalue weighted by Gasteiger charge is -2.48. The zero-order chi connectivity index (χ0) is 17.3. The second kappa shape index (κ2) is 7.08. The molecule has 2 saturated heterocycles. The van der Waals surface area contributed by atoms with E-state index in [0.29, 0.717) is 24.0 Å². The monoisotopic (exact) mass is 346 g/mol. The van der Waals surface area contributed by atoms with E-state index in [2.05, 4.69) is 19.4 Å². The van der Waals surface area contributed by atoms with Crippen LogP contribution in [0.25, 0.3) is 0 Å². The maximum absolute atomic E-state index is 12.3. The van der Waals surface area contributed by atoms with Crippen LogP contribution >= 0.6 is 0 Å². The SMILES string of the molecule is COCCn1cncc1CN1CCCC2(CCC(=O)N(C3CC3)C2)C1. The molecule has 2 aliphatic heterocycles. The van der Waals surface area contributed by atoms with Crippen molar-refractivity contribution in [1.82, 2.24) is 19.4 Å². The van der Waals surface area contributed by atoms with Gasteiger partial charge in [0, 0.05) is 57.4 Å². The molecule has 6 nitrogen and oxygen atoms in total. The number of aromatic nitrogens is 2. The Labute approximate surface area is 150 Å². The minimum absolute atomic E-state index is 0.312. The molecule has 3 heterocycles. The molecule has 0 bridgehead atoms. The molecule has 1 spiro atoms. The third-order valence-corrected chi connectivity index (χ3v) is 6.14. The fraction of sp³-hybridized carbons (Fsp3) is 0.789. The van der Waals surface area contributed by atoms with Crippen LogP contribution in [-0.4, -0.2) is 64.7 Å². The first-order chi connectivity index (χ1) is 12.2. The van der Waals surface area contributed by atoms with Gasteiger partial charge in [0.15, 0.2) is 0 Å². The number of nitrogens with zero attached hydrogens (tertiary/aromatic N) is 4. The van der Waals surface area contributed by atoms with Gasteiger partial charge in [-0.25, -0.2) is 4.98 Å². The van der Waals surface area contributed by atoms with Crippen LogP contribution in [-0.2, 0) is 22.6 Å². The summed E-state index contributed by atoms with van der Waals surface area (Å²) in [6.45, 7) is 5.76. The Morgan fingerprint density at radius 2 is 2.20 bits per heavy atom. The summed E-state index contributed by atoms with van der Waals surface area (Å²) in [5.41, 5.74) is 1.58. The molecule has 3 aliphatic rings. The predicted molar refractivity (Wildman–Crippen MR) is 95.0 cm³/mol. The molecular formula is C19H30N4O2. The average molecular weight is 346 g/mol. The number of hydrogen-bond acceptors (Lipinski definition) is 4. The normalized spacial score (nSPS) is 28.0. The van der Waals surface area contributed by atoms with E-state index in [1.54, 1.807) is 7.11 Å². The van der Waals surface area contributed by atoms with Crippen LogP contribution < -0.4 is 0 Å². The largest absolute Gasteiger partial charge is 0.383 e. The molecule has 1 amide bonds. The van der Waals surface area contributed by atoms with Crippen LogP contribution in [0.1, 0.15) is 44.2 Å². The molecule has 0 radical (unpaired) electrons. The highest BCUT2D eigenvalue weighted by atomic mass is 16.5. The van der Waals surface area contributed by atoms with Gasteiger partial charge in [-0.1, -0.05) is 0 Å². The van der Waals surface area contributed by atoms with E-state index < -0.39 is 0 Å². The van der Waals surface area contributed by atoms with Crippen molar-refractivity contribution in [2.45, 2.75) is 57.7 Å². The first-order valence-electron chi connectivity index (χ1n) is 9.69. The van der Waals surface area contributed by atoms with Crippen molar-refractivity contribution in [2.24, 2.45) is 5.41 Å². The minimum atomic E-state index is 0.312. The summed E-state index contributed by atoms with van der Waals surface area (Å²) < 4.78 is 7.40. The third kappa shape index (κ3) is 3.75. The van der Waals surface area contributed by atoms with Gasteiger partial charge in [-0.15, -0.1) is 0 Å². The highest BCUT2D eigenvalue weighted by Crippen LogP contribution is 2.42. The molecule has 0 N–H and O–H groups in total. The number of methoxy groups -OCH3 is 1. The van der Waals surface area contributed by atoms with E-state index in [1.165, 1.54) is 31.4 Å². The predicted octanol–water partition coefficient (Wildman–Crippen LogP) is 1.90. The van der Waals surface area contributed by atoms with E-state index in [4.69, 9.17) is 4.74 Å². The number of rotatable bonds is 6. The summed E-state index contributed by atoms with van der Waals surface area (Å²) in [6.07, 6.45) is 10.6. The van der Waals surface area contributed by atoms with Crippen molar-refractivity contribution in [1.29, 1.82) is 0 Å². The zero-order valence-corrected chi connectivity index (χ0v) is 15.3. The second-order valence-corrected chi connectivity index (χ2v) is 8.14. The molecule has 1 aromatic rings. The van der Waals surface area contributed by atoms with Gasteiger partial charge in [0.1, 0.15) is 0 Å². The lowest BCUT2D eigenvalue weighted by atomic mass is 9.73. The Kier molecular flexibility index (Phi) is 4.82. The van der Waals surface area contributed by atoms with Crippen LogP contribution in [0.2, 0.25) is 0 Å². The van der Waals surface area contributed by atoms with Crippen LogP contribution in [0.15, 0.2) is 12.5 Å². The topological polar surface area (TPSA) is 50.6 Å². The first kappa shape index (κ1) is 17.0. The molecule has 138 valence electrons. The highest BCUT2D eigenvalue weighted by Gasteiger charge is 2.45. The second-order valence-electron chi connectivity index (χ2n) is 8.14. The van der Waals surface area contributed by atoms with E-state index in [-0.39, 0.29) is 0 Å². The van der Waals surface area contributed by atoms with Crippen molar-refractivity contribution >= 4 is 5.91 Å². The Morgan fingerprint density at radius 3 is 3.00 bits per heavy atom. The van der Waals surface area contributed by atoms with Crippen LogP contribution in [0.5, 0.6) is 0 Å². The van der Waals surface area contributed by atoms with Crippen molar-refractivity contribution in [3.05, 3.63) is 18.2 Å². The van der Waals surface area contributed by atoms with E-state index >= 15 is 0 Å². The Bertz CT molecular complexity index is 612. The zero-order valence-electron chi connectivity index (χ0n) is 15.3. The van der Waals surface area contributed by atoms with Gasteiger partial charge in [0.2, 0.25) is 5.91 Å². The van der Waals surface area contributed by atoms with Crippen molar-refractivity contribution in [2.75, 3.05) is 33.4 Å². The molecule has 1 unspecified atom stereocenters. The maximum Gasteiger partial charge on any atom is 0.222 e. The van der Waals surface area contributed by atoms with Gasteiger partial charge in [-0.05, 0) is 38.6 Å². The first-order valence-corrected chi connectivity index (χ1v) is 9.69. The lowest BCUT2D eigenvalue weighted by Crippen LogP contribution is -2.54. The van der Waals surface area contributed by atoms with Crippen molar-refractivity contribution < 1.29 is 9.53 Å². The molecule has 3 fully saturated rings. The Hall–Kier alpha value is -1.40. The molecule has 25 heavy (non-hydrogen) atoms. The molecule has 1 saturated carbocycles. The quantitative estimate of drug-likeness (QED) is 0.789. The molecule has 4 rings (SSSR count). The summed E-state index contributed by atoms with van der Waals surface area (Å²) in [4.78, 5) is 21.4. The highest BCUT2D eigenvalue weighted by molar-refractivity contribution is 5.78. The number of carbonyl (C=O) groups is 1. The smallest absolute Gasteiger partial charge is 0.222 e. The molecule has 1 aliphatic carbocycles. The lowest BCUT2D eigenvalue weighted by molar-refractivity contribution is -0.140. The summed E-state index contributed by atoms with van der Waals surface area (Å²) in [7, 11) is 1.74. The average Bonchev–Trinajstić information content (AvgIpc) is 3.37. The minimum Gasteiger partial charge on any atom is -0.383 e. The number of amides is 1. The van der Waals surface area contributed by atoms with Crippen molar-refractivity contribution in [3.63, 3.8) is 0 Å². The van der Waals surface area contributed by atoms with Gasteiger partial charge >= 0.3 is 0 Å². The number of likely N-dealkylation sites (tertiary alicyclic amines) is 2. The van der Waals surface area contributed by atoms with Gasteiger partial charge in [0.05, 0.1) is 18.6 Å². The maximum atomic E-state index is 12.3. The standard InChI is InChI=1S/C19H30N4O2/c1-25-10-9-22-15-20-11-17(22)12-21-8-2-6-19(13-21)7-5-18(24)23(14-19)16-3-4-16/h11,15-16H,2-10,12-14H2,1H3. The van der Waals surface area contributed by atoms with E-state index in [1.807, 2.05) is 12.5 Å².